The zero-order valence-corrected chi connectivity index (χ0v) is 19.3. The molecule has 0 radical (unpaired) electrons. The van der Waals surface area contributed by atoms with E-state index < -0.39 is 16.9 Å². The van der Waals surface area contributed by atoms with Crippen LogP contribution < -0.4 is 15.4 Å². The number of halogens is 5. The molecule has 2 N–H and O–H groups in total. The van der Waals surface area contributed by atoms with Crippen LogP contribution in [0.3, 0.4) is 0 Å². The van der Waals surface area contributed by atoms with Crippen LogP contribution in [0.2, 0.25) is 5.02 Å². The van der Waals surface area contributed by atoms with Crippen molar-refractivity contribution >= 4 is 39.1 Å². The van der Waals surface area contributed by atoms with Crippen LogP contribution in [0, 0.1) is 0 Å². The van der Waals surface area contributed by atoms with Crippen molar-refractivity contribution < 1.29 is 22.7 Å². The predicted molar refractivity (Wildman–Crippen MR) is 114 cm³/mol. The first kappa shape index (κ1) is 23.7. The van der Waals surface area contributed by atoms with E-state index in [1.54, 1.807) is 12.0 Å². The Bertz CT molecular complexity index is 969. The second-order valence-corrected chi connectivity index (χ2v) is 8.40. The van der Waals surface area contributed by atoms with Gasteiger partial charge in [0, 0.05) is 44.0 Å². The highest BCUT2D eigenvalue weighted by Crippen LogP contribution is 2.35. The molecule has 0 bridgehead atoms. The molecule has 0 spiro atoms. The molecule has 2 heterocycles. The van der Waals surface area contributed by atoms with Gasteiger partial charge in [-0.2, -0.15) is 18.3 Å². The minimum absolute atomic E-state index is 0.0180. The number of benzene rings is 1. The van der Waals surface area contributed by atoms with Crippen molar-refractivity contribution in [1.29, 1.82) is 0 Å². The van der Waals surface area contributed by atoms with E-state index >= 15 is 0 Å². The zero-order valence-electron chi connectivity index (χ0n) is 16.9. The van der Waals surface area contributed by atoms with Gasteiger partial charge in [-0.05, 0) is 35.0 Å². The number of aromatic nitrogens is 2. The monoisotopic (exact) mass is 523 g/mol. The minimum atomic E-state index is -4.72. The molecule has 0 aliphatic carbocycles. The summed E-state index contributed by atoms with van der Waals surface area (Å²) in [5.74, 6) is 0.358. The fraction of sp³-hybridized carbons (Fsp3) is 0.474. The Balaban J connectivity index is 1.72. The van der Waals surface area contributed by atoms with Gasteiger partial charge in [0.1, 0.15) is 12.3 Å². The van der Waals surface area contributed by atoms with Gasteiger partial charge in [0.05, 0.1) is 22.3 Å². The van der Waals surface area contributed by atoms with Gasteiger partial charge < -0.3 is 20.3 Å². The van der Waals surface area contributed by atoms with Crippen molar-refractivity contribution in [3.63, 3.8) is 0 Å². The van der Waals surface area contributed by atoms with Gasteiger partial charge >= 0.3 is 6.18 Å². The molecule has 12 heteroatoms. The fourth-order valence-corrected chi connectivity index (χ4v) is 4.34. The highest BCUT2D eigenvalue weighted by molar-refractivity contribution is 9.10. The Morgan fingerprint density at radius 2 is 2.10 bits per heavy atom. The number of hydrogen-bond acceptors (Lipinski definition) is 5. The minimum Gasteiger partial charge on any atom is -0.495 e. The third-order valence-electron chi connectivity index (χ3n) is 5.19. The van der Waals surface area contributed by atoms with E-state index in [0.29, 0.717) is 25.4 Å². The Kier molecular flexibility index (Phi) is 7.07. The number of nitrogens with zero attached hydrogens (tertiary/aromatic N) is 4. The fourth-order valence-electron chi connectivity index (χ4n) is 3.61. The molecule has 1 atom stereocenters. The van der Waals surface area contributed by atoms with Crippen molar-refractivity contribution in [1.82, 2.24) is 14.7 Å². The molecule has 1 fully saturated rings. The second kappa shape index (κ2) is 9.25. The van der Waals surface area contributed by atoms with Crippen LogP contribution in [0.4, 0.5) is 18.9 Å². The SMILES string of the molecule is COc1cc(N2CCN(C(=O)Cn3nc(C(F)(F)F)c(Cl)c3CN)[C@@H](C)C2)ccc1Br. The summed E-state index contributed by atoms with van der Waals surface area (Å²) in [5, 5.41) is 2.94. The first-order chi connectivity index (χ1) is 14.6. The van der Waals surface area contributed by atoms with Gasteiger partial charge in [-0.3, -0.25) is 9.48 Å². The van der Waals surface area contributed by atoms with Gasteiger partial charge in [-0.15, -0.1) is 0 Å². The summed E-state index contributed by atoms with van der Waals surface area (Å²) in [6.45, 7) is 2.81. The van der Waals surface area contributed by atoms with Crippen molar-refractivity contribution in [2.45, 2.75) is 32.2 Å². The topological polar surface area (TPSA) is 76.6 Å². The molecule has 7 nitrogen and oxygen atoms in total. The Morgan fingerprint density at radius 3 is 2.68 bits per heavy atom. The first-order valence-electron chi connectivity index (χ1n) is 9.47. The van der Waals surface area contributed by atoms with Crippen LogP contribution in [0.25, 0.3) is 0 Å². The molecule has 1 aliphatic heterocycles. The number of carbonyl (C=O) groups excluding carboxylic acids is 1. The summed E-state index contributed by atoms with van der Waals surface area (Å²) < 4.78 is 46.4. The van der Waals surface area contributed by atoms with Crippen molar-refractivity contribution in [3.8, 4) is 5.75 Å². The van der Waals surface area contributed by atoms with E-state index in [-0.39, 0.29) is 30.7 Å². The second-order valence-electron chi connectivity index (χ2n) is 7.17. The molecule has 0 unspecified atom stereocenters. The molecule has 1 aliphatic rings. The van der Waals surface area contributed by atoms with Gasteiger partial charge in [-0.25, -0.2) is 0 Å². The van der Waals surface area contributed by atoms with Gasteiger partial charge in [0.25, 0.3) is 0 Å². The van der Waals surface area contributed by atoms with E-state index in [2.05, 4.69) is 25.9 Å². The maximum atomic E-state index is 13.1. The number of anilines is 1. The molecule has 3 rings (SSSR count). The Labute approximate surface area is 191 Å². The lowest BCUT2D eigenvalue weighted by Gasteiger charge is -2.41. The normalized spacial score (nSPS) is 17.2. The van der Waals surface area contributed by atoms with E-state index in [9.17, 15) is 18.0 Å². The highest BCUT2D eigenvalue weighted by atomic mass is 79.9. The van der Waals surface area contributed by atoms with Crippen LogP contribution in [0.1, 0.15) is 18.3 Å². The van der Waals surface area contributed by atoms with Gasteiger partial charge in [0.2, 0.25) is 5.91 Å². The predicted octanol–water partition coefficient (Wildman–Crippen LogP) is 3.52. The average Bonchev–Trinajstić information content (AvgIpc) is 3.03. The van der Waals surface area contributed by atoms with Crippen LogP contribution >= 0.6 is 27.5 Å². The summed E-state index contributed by atoms with van der Waals surface area (Å²) >= 11 is 9.23. The lowest BCUT2D eigenvalue weighted by molar-refractivity contribution is -0.142. The Hall–Kier alpha value is -1.98. The molecule has 0 saturated carbocycles. The Morgan fingerprint density at radius 1 is 1.39 bits per heavy atom. The average molecular weight is 525 g/mol. The number of hydrogen-bond donors (Lipinski definition) is 1. The van der Waals surface area contributed by atoms with E-state index in [1.807, 2.05) is 25.1 Å². The molecular weight excluding hydrogens is 503 g/mol. The van der Waals surface area contributed by atoms with Crippen molar-refractivity contribution in [2.24, 2.45) is 5.73 Å². The number of rotatable bonds is 5. The summed E-state index contributed by atoms with van der Waals surface area (Å²) in [6.07, 6.45) is -4.72. The number of amides is 1. The summed E-state index contributed by atoms with van der Waals surface area (Å²) in [4.78, 5) is 16.6. The zero-order chi connectivity index (χ0) is 22.9. The van der Waals surface area contributed by atoms with Crippen LogP contribution in [-0.4, -0.2) is 53.4 Å². The smallest absolute Gasteiger partial charge is 0.436 e. The molecule has 1 amide bonds. The van der Waals surface area contributed by atoms with Gasteiger partial charge in [-0.1, -0.05) is 11.6 Å². The standard InChI is InChI=1S/C19H22BrClF3N5O2/c1-11-9-27(12-3-4-13(20)15(7-12)31-2)5-6-28(11)16(30)10-29-14(8-25)17(21)18(26-29)19(22,23)24/h3-4,7,11H,5-6,8-10,25H2,1-2H3/t11-/m0/s1. The summed E-state index contributed by atoms with van der Waals surface area (Å²) in [7, 11) is 1.59. The number of piperazine rings is 1. The van der Waals surface area contributed by atoms with Crippen molar-refractivity contribution in [3.05, 3.63) is 39.1 Å². The van der Waals surface area contributed by atoms with Crippen LogP contribution in [-0.2, 0) is 24.1 Å². The summed E-state index contributed by atoms with van der Waals surface area (Å²) in [6, 6.07) is 5.59. The number of carbonyl (C=O) groups is 1. The van der Waals surface area contributed by atoms with Gasteiger partial charge in [0.15, 0.2) is 5.69 Å². The number of ether oxygens (including phenoxy) is 1. The number of nitrogens with two attached hydrogens (primary N) is 1. The molecular formula is C19H22BrClF3N5O2. The van der Waals surface area contributed by atoms with Crippen LogP contribution in [0.5, 0.6) is 5.75 Å². The maximum absolute atomic E-state index is 13.1. The molecule has 31 heavy (non-hydrogen) atoms. The number of alkyl halides is 3. The largest absolute Gasteiger partial charge is 0.495 e. The van der Waals surface area contributed by atoms with E-state index in [4.69, 9.17) is 22.1 Å². The maximum Gasteiger partial charge on any atom is 0.436 e. The summed E-state index contributed by atoms with van der Waals surface area (Å²) in [5.41, 5.74) is 5.26. The molecule has 1 aromatic heterocycles. The quantitative estimate of drug-likeness (QED) is 0.648. The van der Waals surface area contributed by atoms with E-state index in [1.165, 1.54) is 0 Å². The van der Waals surface area contributed by atoms with Crippen LogP contribution in [0.15, 0.2) is 22.7 Å². The molecule has 2 aromatic rings. The van der Waals surface area contributed by atoms with Crippen molar-refractivity contribution in [2.75, 3.05) is 31.6 Å². The lowest BCUT2D eigenvalue weighted by Crippen LogP contribution is -2.55. The molecule has 170 valence electrons. The molecule has 1 saturated heterocycles. The van der Waals surface area contributed by atoms with E-state index in [0.717, 1.165) is 14.8 Å². The highest BCUT2D eigenvalue weighted by Gasteiger charge is 2.39. The first-order valence-corrected chi connectivity index (χ1v) is 10.6. The number of methoxy groups -OCH3 is 1. The molecule has 1 aromatic carbocycles. The lowest BCUT2D eigenvalue weighted by atomic mass is 10.1. The third-order valence-corrected chi connectivity index (χ3v) is 6.24. The third kappa shape index (κ3) is 4.93.